The van der Waals surface area contributed by atoms with E-state index in [4.69, 9.17) is 9.47 Å². The van der Waals surface area contributed by atoms with Crippen molar-refractivity contribution >= 4 is 17.5 Å². The van der Waals surface area contributed by atoms with Crippen molar-refractivity contribution in [3.05, 3.63) is 23.8 Å². The Bertz CT molecular complexity index is 530. The van der Waals surface area contributed by atoms with E-state index in [0.29, 0.717) is 30.2 Å². The van der Waals surface area contributed by atoms with Gasteiger partial charge in [-0.1, -0.05) is 0 Å². The summed E-state index contributed by atoms with van der Waals surface area (Å²) in [5.41, 5.74) is 1.09. The third-order valence-electron chi connectivity index (χ3n) is 3.16. The van der Waals surface area contributed by atoms with Gasteiger partial charge in [-0.25, -0.2) is 0 Å². The molecule has 20 heavy (non-hydrogen) atoms. The average molecular weight is 278 g/mol. The smallest absolute Gasteiger partial charge is 0.267 e. The lowest BCUT2D eigenvalue weighted by Gasteiger charge is -2.30. The minimum atomic E-state index is -0.506. The maximum Gasteiger partial charge on any atom is 0.267 e. The van der Waals surface area contributed by atoms with Crippen LogP contribution in [0.2, 0.25) is 0 Å². The van der Waals surface area contributed by atoms with Crippen LogP contribution in [0, 0.1) is 0 Å². The van der Waals surface area contributed by atoms with Crippen LogP contribution in [0.25, 0.3) is 0 Å². The van der Waals surface area contributed by atoms with E-state index in [2.05, 4.69) is 5.32 Å². The minimum absolute atomic E-state index is 0.130. The SMILES string of the molecule is COCCNC(=O)c1ccc2c(c1)N(C)C(=O)C(C)O2. The number of likely N-dealkylation sites (N-methyl/N-ethyl adjacent to an activating group) is 1. The number of benzene rings is 1. The summed E-state index contributed by atoms with van der Waals surface area (Å²) in [6.45, 7) is 2.59. The highest BCUT2D eigenvalue weighted by molar-refractivity contribution is 6.02. The Kier molecular flexibility index (Phi) is 4.24. The summed E-state index contributed by atoms with van der Waals surface area (Å²) in [4.78, 5) is 25.3. The molecule has 6 heteroatoms. The summed E-state index contributed by atoms with van der Waals surface area (Å²) >= 11 is 0. The zero-order valence-electron chi connectivity index (χ0n) is 11.8. The first kappa shape index (κ1) is 14.3. The van der Waals surface area contributed by atoms with Crippen LogP contribution >= 0.6 is 0 Å². The van der Waals surface area contributed by atoms with Crippen LogP contribution in [0.15, 0.2) is 18.2 Å². The van der Waals surface area contributed by atoms with Gasteiger partial charge in [0, 0.05) is 26.3 Å². The van der Waals surface area contributed by atoms with Gasteiger partial charge in [-0.15, -0.1) is 0 Å². The molecule has 0 bridgehead atoms. The molecule has 1 aromatic rings. The molecule has 0 saturated heterocycles. The third-order valence-corrected chi connectivity index (χ3v) is 3.16. The predicted molar refractivity (Wildman–Crippen MR) is 74.2 cm³/mol. The highest BCUT2D eigenvalue weighted by atomic mass is 16.5. The first-order chi connectivity index (χ1) is 9.54. The summed E-state index contributed by atoms with van der Waals surface area (Å²) in [6, 6.07) is 5.04. The topological polar surface area (TPSA) is 67.9 Å². The van der Waals surface area contributed by atoms with Crippen molar-refractivity contribution in [3.8, 4) is 5.75 Å². The second-order valence-corrected chi connectivity index (χ2v) is 4.59. The monoisotopic (exact) mass is 278 g/mol. The second-order valence-electron chi connectivity index (χ2n) is 4.59. The van der Waals surface area contributed by atoms with Crippen molar-refractivity contribution in [2.24, 2.45) is 0 Å². The summed E-state index contributed by atoms with van der Waals surface area (Å²) in [5.74, 6) is 0.270. The van der Waals surface area contributed by atoms with Crippen LogP contribution in [0.4, 0.5) is 5.69 Å². The number of ether oxygens (including phenoxy) is 2. The largest absolute Gasteiger partial charge is 0.479 e. The number of fused-ring (bicyclic) bond motifs is 1. The van der Waals surface area contributed by atoms with Crippen molar-refractivity contribution in [1.29, 1.82) is 0 Å². The Labute approximate surface area is 117 Å². The average Bonchev–Trinajstić information content (AvgIpc) is 2.45. The zero-order chi connectivity index (χ0) is 14.7. The quantitative estimate of drug-likeness (QED) is 0.827. The number of amides is 2. The van der Waals surface area contributed by atoms with Gasteiger partial charge >= 0.3 is 0 Å². The molecule has 1 unspecified atom stereocenters. The van der Waals surface area contributed by atoms with Crippen molar-refractivity contribution in [1.82, 2.24) is 5.32 Å². The molecule has 1 aliphatic rings. The maximum absolute atomic E-state index is 11.9. The summed E-state index contributed by atoms with van der Waals surface area (Å²) in [6.07, 6.45) is -0.506. The number of rotatable bonds is 4. The first-order valence-corrected chi connectivity index (χ1v) is 6.40. The predicted octanol–water partition coefficient (Wildman–Crippen LogP) is 0.806. The van der Waals surface area contributed by atoms with Crippen LogP contribution in [0.1, 0.15) is 17.3 Å². The fraction of sp³-hybridized carbons (Fsp3) is 0.429. The molecular weight excluding hydrogens is 260 g/mol. The Balaban J connectivity index is 2.19. The molecule has 1 aliphatic heterocycles. The molecular formula is C14H18N2O4. The molecule has 0 spiro atoms. The van der Waals surface area contributed by atoms with E-state index in [1.165, 1.54) is 4.90 Å². The Morgan fingerprint density at radius 3 is 2.95 bits per heavy atom. The van der Waals surface area contributed by atoms with Crippen molar-refractivity contribution < 1.29 is 19.1 Å². The van der Waals surface area contributed by atoms with Crippen molar-refractivity contribution in [2.45, 2.75) is 13.0 Å². The first-order valence-electron chi connectivity index (χ1n) is 6.40. The van der Waals surface area contributed by atoms with E-state index >= 15 is 0 Å². The van der Waals surface area contributed by atoms with Crippen LogP contribution in [0.5, 0.6) is 5.75 Å². The summed E-state index contributed by atoms with van der Waals surface area (Å²) in [5, 5.41) is 2.73. The van der Waals surface area contributed by atoms with E-state index in [0.717, 1.165) is 0 Å². The number of hydrogen-bond donors (Lipinski definition) is 1. The number of carbonyl (C=O) groups is 2. The molecule has 0 saturated carbocycles. The van der Waals surface area contributed by atoms with Gasteiger partial charge in [0.25, 0.3) is 11.8 Å². The van der Waals surface area contributed by atoms with Crippen LogP contribution in [-0.4, -0.2) is 45.2 Å². The van der Waals surface area contributed by atoms with E-state index in [-0.39, 0.29) is 11.8 Å². The highest BCUT2D eigenvalue weighted by Gasteiger charge is 2.29. The second kappa shape index (κ2) is 5.92. The molecule has 1 N–H and O–H groups in total. The highest BCUT2D eigenvalue weighted by Crippen LogP contribution is 2.33. The van der Waals surface area contributed by atoms with E-state index in [9.17, 15) is 9.59 Å². The van der Waals surface area contributed by atoms with Crippen LogP contribution in [0.3, 0.4) is 0 Å². The van der Waals surface area contributed by atoms with Crippen LogP contribution < -0.4 is 15.0 Å². The number of nitrogens with one attached hydrogen (secondary N) is 1. The molecule has 0 aromatic heterocycles. The molecule has 6 nitrogen and oxygen atoms in total. The molecule has 1 heterocycles. The molecule has 0 fully saturated rings. The van der Waals surface area contributed by atoms with Crippen molar-refractivity contribution in [3.63, 3.8) is 0 Å². The van der Waals surface area contributed by atoms with E-state index in [1.807, 2.05) is 0 Å². The van der Waals surface area contributed by atoms with Gasteiger partial charge in [-0.2, -0.15) is 0 Å². The van der Waals surface area contributed by atoms with Gasteiger partial charge in [-0.05, 0) is 25.1 Å². The molecule has 0 aliphatic carbocycles. The Morgan fingerprint density at radius 1 is 1.50 bits per heavy atom. The Hall–Kier alpha value is -2.08. The fourth-order valence-electron chi connectivity index (χ4n) is 2.02. The molecule has 108 valence electrons. The van der Waals surface area contributed by atoms with Gasteiger partial charge in [0.15, 0.2) is 6.10 Å². The van der Waals surface area contributed by atoms with E-state index < -0.39 is 6.10 Å². The van der Waals surface area contributed by atoms with E-state index in [1.54, 1.807) is 39.3 Å². The fourth-order valence-corrected chi connectivity index (χ4v) is 2.02. The molecule has 1 atom stereocenters. The van der Waals surface area contributed by atoms with Gasteiger partial charge in [0.2, 0.25) is 0 Å². The lowest BCUT2D eigenvalue weighted by Crippen LogP contribution is -2.42. The summed E-state index contributed by atoms with van der Waals surface area (Å²) in [7, 11) is 3.25. The van der Waals surface area contributed by atoms with Crippen LogP contribution in [-0.2, 0) is 9.53 Å². The minimum Gasteiger partial charge on any atom is -0.479 e. The summed E-state index contributed by atoms with van der Waals surface area (Å²) < 4.78 is 10.4. The lowest BCUT2D eigenvalue weighted by atomic mass is 10.1. The number of carbonyl (C=O) groups excluding carboxylic acids is 2. The maximum atomic E-state index is 11.9. The molecule has 0 radical (unpaired) electrons. The normalized spacial score (nSPS) is 17.4. The number of nitrogens with zero attached hydrogens (tertiary/aromatic N) is 1. The standard InChI is InChI=1S/C14H18N2O4/c1-9-14(18)16(2)11-8-10(4-5-12(11)20-9)13(17)15-6-7-19-3/h4-5,8-9H,6-7H2,1-3H3,(H,15,17). The van der Waals surface area contributed by atoms with Gasteiger partial charge in [0.1, 0.15) is 5.75 Å². The van der Waals surface area contributed by atoms with Gasteiger partial charge in [-0.3, -0.25) is 9.59 Å². The number of hydrogen-bond acceptors (Lipinski definition) is 4. The lowest BCUT2D eigenvalue weighted by molar-refractivity contribution is -0.125. The molecule has 1 aromatic carbocycles. The zero-order valence-corrected chi connectivity index (χ0v) is 11.8. The number of anilines is 1. The molecule has 2 rings (SSSR count). The Morgan fingerprint density at radius 2 is 2.25 bits per heavy atom. The third kappa shape index (κ3) is 2.75. The van der Waals surface area contributed by atoms with Gasteiger partial charge < -0.3 is 19.7 Å². The number of methoxy groups -OCH3 is 1. The molecule has 2 amide bonds. The van der Waals surface area contributed by atoms with Gasteiger partial charge in [0.05, 0.1) is 12.3 Å². The van der Waals surface area contributed by atoms with Crippen molar-refractivity contribution in [2.75, 3.05) is 32.2 Å².